The fraction of sp³-hybridized carbons (Fsp3) is 0.263. The number of rotatable bonds is 8. The van der Waals surface area contributed by atoms with Crippen LogP contribution in [0.3, 0.4) is 0 Å². The second kappa shape index (κ2) is 13.2. The van der Waals surface area contributed by atoms with E-state index in [9.17, 15) is 4.79 Å². The number of benzene rings is 4. The summed E-state index contributed by atoms with van der Waals surface area (Å²) in [4.78, 5) is 19.9. The highest BCUT2D eigenvalue weighted by Gasteiger charge is 2.33. The molecule has 5 nitrogen and oxygen atoms in total. The van der Waals surface area contributed by atoms with Gasteiger partial charge in [-0.15, -0.1) is 11.3 Å². The number of anilines is 1. The second-order valence-corrected chi connectivity index (χ2v) is 14.5. The minimum atomic E-state index is -0.115. The number of amides is 1. The third-order valence-electron chi connectivity index (χ3n) is 8.56. The average molecular weight is 682 g/mol. The number of carbonyl (C=O) groups is 1. The first kappa shape index (κ1) is 31.1. The van der Waals surface area contributed by atoms with Gasteiger partial charge in [-0.25, -0.2) is 4.99 Å². The minimum Gasteiger partial charge on any atom is -0.493 e. The van der Waals surface area contributed by atoms with Crippen molar-refractivity contribution in [2.45, 2.75) is 46.6 Å². The Kier molecular flexibility index (Phi) is 9.11. The minimum absolute atomic E-state index is 0.115. The molecule has 4 aromatic carbocycles. The van der Waals surface area contributed by atoms with E-state index in [1.165, 1.54) is 15.6 Å². The van der Waals surface area contributed by atoms with E-state index in [1.54, 1.807) is 24.7 Å². The molecule has 5 aromatic rings. The van der Waals surface area contributed by atoms with Gasteiger partial charge in [0.15, 0.2) is 11.5 Å². The summed E-state index contributed by atoms with van der Waals surface area (Å²) in [5.74, 6) is 1.68. The zero-order valence-electron chi connectivity index (χ0n) is 26.0. The number of para-hydroxylation sites is 1. The van der Waals surface area contributed by atoms with Crippen LogP contribution in [0.5, 0.6) is 11.5 Å². The highest BCUT2D eigenvalue weighted by atomic mass is 79.9. The Morgan fingerprint density at radius 3 is 2.58 bits per heavy atom. The smallest absolute Gasteiger partial charge is 0.259 e. The molecule has 1 atom stereocenters. The van der Waals surface area contributed by atoms with Crippen LogP contribution in [0.2, 0.25) is 0 Å². The molecule has 0 spiro atoms. The van der Waals surface area contributed by atoms with Crippen LogP contribution in [-0.2, 0) is 19.4 Å². The molecule has 0 bridgehead atoms. The summed E-state index contributed by atoms with van der Waals surface area (Å²) >= 11 is 5.34. The van der Waals surface area contributed by atoms with Crippen molar-refractivity contribution in [2.75, 3.05) is 12.4 Å². The fourth-order valence-corrected chi connectivity index (χ4v) is 7.85. The molecule has 1 amide bonds. The summed E-state index contributed by atoms with van der Waals surface area (Å²) in [6.07, 6.45) is 4.71. The van der Waals surface area contributed by atoms with E-state index in [4.69, 9.17) is 14.5 Å². The lowest BCUT2D eigenvalue weighted by Crippen LogP contribution is -2.27. The van der Waals surface area contributed by atoms with Crippen molar-refractivity contribution in [3.63, 3.8) is 0 Å². The molecular weight excluding hydrogens is 644 g/mol. The number of ether oxygens (including phenoxy) is 2. The molecule has 1 N–H and O–H groups in total. The number of hydrogen-bond donors (Lipinski definition) is 1. The summed E-state index contributed by atoms with van der Waals surface area (Å²) in [7, 11) is 1.64. The molecule has 1 aromatic heterocycles. The molecule has 1 aliphatic carbocycles. The number of hydrogen-bond acceptors (Lipinski definition) is 5. The van der Waals surface area contributed by atoms with Crippen molar-refractivity contribution >= 4 is 60.8 Å². The molecular formula is C38H37BrN2O3S. The van der Waals surface area contributed by atoms with Crippen molar-refractivity contribution in [2.24, 2.45) is 16.3 Å². The van der Waals surface area contributed by atoms with E-state index < -0.39 is 0 Å². The third kappa shape index (κ3) is 6.85. The molecule has 230 valence electrons. The van der Waals surface area contributed by atoms with Crippen LogP contribution >= 0.6 is 27.3 Å². The average Bonchev–Trinajstić information content (AvgIpc) is 3.41. The van der Waals surface area contributed by atoms with Crippen LogP contribution < -0.4 is 14.8 Å². The molecule has 45 heavy (non-hydrogen) atoms. The lowest BCUT2D eigenvalue weighted by Gasteiger charge is -2.33. The maximum absolute atomic E-state index is 13.7. The quantitative estimate of drug-likeness (QED) is 0.166. The second-order valence-electron chi connectivity index (χ2n) is 12.5. The Labute approximate surface area is 277 Å². The van der Waals surface area contributed by atoms with Gasteiger partial charge in [-0.1, -0.05) is 81.4 Å². The number of fused-ring (bicyclic) bond motifs is 2. The number of halogens is 1. The molecule has 0 saturated heterocycles. The first-order valence-electron chi connectivity index (χ1n) is 15.2. The number of nitrogens with zero attached hydrogens (tertiary/aromatic N) is 1. The topological polar surface area (TPSA) is 59.9 Å². The summed E-state index contributed by atoms with van der Waals surface area (Å²) < 4.78 is 12.8. The lowest BCUT2D eigenvalue weighted by atomic mass is 9.72. The Morgan fingerprint density at radius 2 is 1.80 bits per heavy atom. The van der Waals surface area contributed by atoms with Crippen LogP contribution in [0, 0.1) is 11.3 Å². The van der Waals surface area contributed by atoms with Crippen molar-refractivity contribution < 1.29 is 14.3 Å². The molecule has 0 fully saturated rings. The van der Waals surface area contributed by atoms with E-state index in [0.717, 1.165) is 51.1 Å². The van der Waals surface area contributed by atoms with Gasteiger partial charge in [0.25, 0.3) is 5.91 Å². The maximum Gasteiger partial charge on any atom is 0.259 e. The van der Waals surface area contributed by atoms with E-state index >= 15 is 0 Å². The van der Waals surface area contributed by atoms with Crippen LogP contribution in [0.25, 0.3) is 10.8 Å². The van der Waals surface area contributed by atoms with Gasteiger partial charge < -0.3 is 14.8 Å². The van der Waals surface area contributed by atoms with Crippen molar-refractivity contribution in [3.8, 4) is 11.5 Å². The Hall–Kier alpha value is -3.94. The van der Waals surface area contributed by atoms with Gasteiger partial charge in [-0.2, -0.15) is 0 Å². The van der Waals surface area contributed by atoms with E-state index in [-0.39, 0.29) is 11.3 Å². The molecule has 7 heteroatoms. The molecule has 0 radical (unpaired) electrons. The molecule has 6 rings (SSSR count). The predicted molar refractivity (Wildman–Crippen MR) is 190 cm³/mol. The first-order chi connectivity index (χ1) is 21.7. The number of carbonyl (C=O) groups excluding carboxylic acids is 1. The molecule has 1 aliphatic rings. The summed E-state index contributed by atoms with van der Waals surface area (Å²) in [5.41, 5.74) is 4.74. The van der Waals surface area contributed by atoms with Gasteiger partial charge in [-0.3, -0.25) is 4.79 Å². The SMILES string of the molecule is COc1cc(C=Nc2sc3c(c2C(=O)Nc2ccccc2)CC[C@@H](C(C)(C)C)C3)cc(Br)c1OCc1cccc2ccccc12. The zero-order valence-corrected chi connectivity index (χ0v) is 28.4. The van der Waals surface area contributed by atoms with Gasteiger partial charge in [-0.05, 0) is 98.3 Å². The monoisotopic (exact) mass is 680 g/mol. The van der Waals surface area contributed by atoms with Crippen LogP contribution in [0.1, 0.15) is 59.1 Å². The van der Waals surface area contributed by atoms with Crippen LogP contribution in [-0.4, -0.2) is 19.2 Å². The van der Waals surface area contributed by atoms with E-state index in [2.05, 4.69) is 66.3 Å². The normalized spacial score (nSPS) is 14.8. The van der Waals surface area contributed by atoms with Gasteiger partial charge in [0.1, 0.15) is 11.6 Å². The predicted octanol–water partition coefficient (Wildman–Crippen LogP) is 10.4. The molecule has 1 heterocycles. The molecule has 0 saturated carbocycles. The fourth-order valence-electron chi connectivity index (χ4n) is 6.01. The number of aliphatic imine (C=N–C) groups is 1. The van der Waals surface area contributed by atoms with Gasteiger partial charge in [0, 0.05) is 16.8 Å². The van der Waals surface area contributed by atoms with Crippen molar-refractivity contribution in [1.82, 2.24) is 0 Å². The number of thiophene rings is 1. The van der Waals surface area contributed by atoms with Gasteiger partial charge >= 0.3 is 0 Å². The Bertz CT molecular complexity index is 1870. The van der Waals surface area contributed by atoms with Crippen molar-refractivity contribution in [1.29, 1.82) is 0 Å². The standard InChI is InChI=1S/C38H37BrN2O3S/c1-38(2,3)27-17-18-30-33(21-27)45-37(34(30)36(42)41-28-14-6-5-7-15-28)40-22-24-19-31(39)35(32(20-24)43-4)44-23-26-13-10-12-25-11-8-9-16-29(25)26/h5-16,19-20,22,27H,17-18,21,23H2,1-4H3,(H,41,42)/t27-/m1/s1. The highest BCUT2D eigenvalue weighted by Crippen LogP contribution is 2.45. The first-order valence-corrected chi connectivity index (χ1v) is 16.8. The summed E-state index contributed by atoms with van der Waals surface area (Å²) in [6, 6.07) is 28.0. The third-order valence-corrected chi connectivity index (χ3v) is 10.3. The van der Waals surface area contributed by atoms with Crippen LogP contribution in [0.4, 0.5) is 10.7 Å². The van der Waals surface area contributed by atoms with E-state index in [1.807, 2.05) is 60.7 Å². The lowest BCUT2D eigenvalue weighted by molar-refractivity contribution is 0.102. The summed E-state index contributed by atoms with van der Waals surface area (Å²) in [6.45, 7) is 7.32. The van der Waals surface area contributed by atoms with Crippen molar-refractivity contribution in [3.05, 3.63) is 117 Å². The Balaban J connectivity index is 1.29. The Morgan fingerprint density at radius 1 is 1.04 bits per heavy atom. The number of nitrogens with one attached hydrogen (secondary N) is 1. The molecule has 0 unspecified atom stereocenters. The number of methoxy groups -OCH3 is 1. The van der Waals surface area contributed by atoms with E-state index in [0.29, 0.717) is 29.6 Å². The maximum atomic E-state index is 13.7. The highest BCUT2D eigenvalue weighted by molar-refractivity contribution is 9.10. The van der Waals surface area contributed by atoms with Gasteiger partial charge in [0.05, 0.1) is 17.1 Å². The largest absolute Gasteiger partial charge is 0.493 e. The summed E-state index contributed by atoms with van der Waals surface area (Å²) in [5, 5.41) is 6.17. The van der Waals surface area contributed by atoms with Gasteiger partial charge in [0.2, 0.25) is 0 Å². The van der Waals surface area contributed by atoms with Crippen LogP contribution in [0.15, 0.2) is 94.4 Å². The molecule has 0 aliphatic heterocycles. The zero-order chi connectivity index (χ0) is 31.6.